The van der Waals surface area contributed by atoms with Crippen molar-refractivity contribution in [3.8, 4) is 17.1 Å². The van der Waals surface area contributed by atoms with Gasteiger partial charge in [-0.1, -0.05) is 12.1 Å². The molecular weight excluding hydrogens is 528 g/mol. The predicted octanol–water partition coefficient (Wildman–Crippen LogP) is 3.76. The summed E-state index contributed by atoms with van der Waals surface area (Å²) in [6.45, 7) is 5.86. The summed E-state index contributed by atoms with van der Waals surface area (Å²) in [5.74, 6) is 1.62. The van der Waals surface area contributed by atoms with Crippen LogP contribution in [0.2, 0.25) is 0 Å². The van der Waals surface area contributed by atoms with Crippen LogP contribution in [-0.4, -0.2) is 86.5 Å². The zero-order valence-corrected chi connectivity index (χ0v) is 23.7. The second kappa shape index (κ2) is 13.6. The van der Waals surface area contributed by atoms with Crippen molar-refractivity contribution in [3.63, 3.8) is 0 Å². The molecule has 0 spiro atoms. The number of carbonyl (C=O) groups is 2. The Morgan fingerprint density at radius 1 is 1.02 bits per heavy atom. The van der Waals surface area contributed by atoms with Crippen molar-refractivity contribution in [2.75, 3.05) is 46.0 Å². The molecule has 3 aromatic heterocycles. The van der Waals surface area contributed by atoms with Crippen molar-refractivity contribution in [2.24, 2.45) is 0 Å². The molecule has 5 rings (SSSR count). The van der Waals surface area contributed by atoms with E-state index >= 15 is 0 Å². The SMILES string of the molecule is CCOCC(=O)N1CCCCN(C(=O)Cc2cn3ccsc3n2)CCCn2ccnc2-c2cccc(c2)OCC1. The molecule has 4 aromatic rings. The fraction of sp³-hybridized carbons (Fsp3) is 0.448. The van der Waals surface area contributed by atoms with Crippen LogP contribution in [0.25, 0.3) is 16.3 Å². The zero-order valence-electron chi connectivity index (χ0n) is 22.9. The van der Waals surface area contributed by atoms with E-state index in [1.54, 1.807) is 22.4 Å². The molecule has 0 saturated carbocycles. The van der Waals surface area contributed by atoms with Crippen LogP contribution in [0.15, 0.2) is 54.4 Å². The van der Waals surface area contributed by atoms with Crippen LogP contribution in [0.5, 0.6) is 5.75 Å². The first kappa shape index (κ1) is 27.9. The lowest BCUT2D eigenvalue weighted by molar-refractivity contribution is -0.136. The monoisotopic (exact) mass is 564 g/mol. The summed E-state index contributed by atoms with van der Waals surface area (Å²) in [7, 11) is 0. The lowest BCUT2D eigenvalue weighted by Gasteiger charge is -2.25. The molecule has 40 heavy (non-hydrogen) atoms. The van der Waals surface area contributed by atoms with Crippen LogP contribution in [-0.2, 0) is 27.3 Å². The van der Waals surface area contributed by atoms with Crippen molar-refractivity contribution in [3.05, 3.63) is 60.1 Å². The highest BCUT2D eigenvalue weighted by atomic mass is 32.1. The van der Waals surface area contributed by atoms with Gasteiger partial charge in [-0.2, -0.15) is 0 Å². The molecule has 10 nitrogen and oxygen atoms in total. The van der Waals surface area contributed by atoms with Gasteiger partial charge in [0, 0.05) is 68.5 Å². The number of imidazole rings is 2. The van der Waals surface area contributed by atoms with E-state index in [9.17, 15) is 9.59 Å². The van der Waals surface area contributed by atoms with E-state index in [0.717, 1.165) is 53.6 Å². The summed E-state index contributed by atoms with van der Waals surface area (Å²) in [5.41, 5.74) is 1.74. The van der Waals surface area contributed by atoms with E-state index in [1.807, 2.05) is 64.5 Å². The first-order valence-corrected chi connectivity index (χ1v) is 14.8. The minimum Gasteiger partial charge on any atom is -0.492 e. The maximum Gasteiger partial charge on any atom is 0.248 e. The van der Waals surface area contributed by atoms with Gasteiger partial charge in [-0.3, -0.25) is 14.0 Å². The Balaban J connectivity index is 1.32. The first-order chi connectivity index (χ1) is 19.6. The molecule has 0 N–H and O–H groups in total. The molecule has 2 bridgehead atoms. The normalized spacial score (nSPS) is 15.4. The second-order valence-electron chi connectivity index (χ2n) is 9.78. The molecule has 4 heterocycles. The summed E-state index contributed by atoms with van der Waals surface area (Å²) in [6, 6.07) is 7.87. The van der Waals surface area contributed by atoms with Gasteiger partial charge in [0.05, 0.1) is 18.7 Å². The topological polar surface area (TPSA) is 94.2 Å². The lowest BCUT2D eigenvalue weighted by atomic mass is 10.2. The Morgan fingerprint density at radius 3 is 2.67 bits per heavy atom. The van der Waals surface area contributed by atoms with E-state index in [0.29, 0.717) is 39.4 Å². The van der Waals surface area contributed by atoms with Gasteiger partial charge in [0.15, 0.2) is 4.96 Å². The number of nitrogens with zero attached hydrogens (tertiary/aromatic N) is 6. The Bertz CT molecular complexity index is 1380. The molecular formula is C29H36N6O4S. The van der Waals surface area contributed by atoms with Gasteiger partial charge in [-0.05, 0) is 38.3 Å². The standard InChI is InChI=1S/C29H36N6O4S/c1-2-38-22-27(37)33-11-4-3-10-32(26(36)20-24-21-35-16-18-40-29(35)31-24)12-6-13-34-14-9-30-28(34)23-7-5-8-25(19-23)39-17-15-33/h5,7-9,14,16,18-19,21H,2-4,6,10-13,15,17,20,22H2,1H3. The van der Waals surface area contributed by atoms with Crippen molar-refractivity contribution >= 4 is 28.1 Å². The highest BCUT2D eigenvalue weighted by Crippen LogP contribution is 2.23. The molecule has 0 saturated heterocycles. The minimum absolute atomic E-state index is 0.0492. The second-order valence-corrected chi connectivity index (χ2v) is 10.7. The smallest absolute Gasteiger partial charge is 0.248 e. The van der Waals surface area contributed by atoms with Crippen LogP contribution in [0.1, 0.15) is 31.9 Å². The van der Waals surface area contributed by atoms with Gasteiger partial charge in [-0.15, -0.1) is 11.3 Å². The van der Waals surface area contributed by atoms with Gasteiger partial charge in [0.1, 0.15) is 24.8 Å². The quantitative estimate of drug-likeness (QED) is 0.367. The fourth-order valence-electron chi connectivity index (χ4n) is 4.92. The van der Waals surface area contributed by atoms with Gasteiger partial charge in [0.25, 0.3) is 0 Å². The van der Waals surface area contributed by atoms with Crippen LogP contribution >= 0.6 is 11.3 Å². The molecule has 212 valence electrons. The van der Waals surface area contributed by atoms with Crippen LogP contribution in [0.4, 0.5) is 0 Å². The lowest BCUT2D eigenvalue weighted by Crippen LogP contribution is -2.38. The number of amides is 2. The number of fused-ring (bicyclic) bond motifs is 5. The van der Waals surface area contributed by atoms with Crippen LogP contribution < -0.4 is 4.74 Å². The number of carbonyl (C=O) groups excluding carboxylic acids is 2. The molecule has 0 unspecified atom stereocenters. The summed E-state index contributed by atoms with van der Waals surface area (Å²) in [6.07, 6.45) is 10.3. The average Bonchev–Trinajstić information content (AvgIpc) is 3.69. The van der Waals surface area contributed by atoms with Gasteiger partial charge < -0.3 is 23.8 Å². The molecule has 1 aliphatic rings. The summed E-state index contributed by atoms with van der Waals surface area (Å²) >= 11 is 1.56. The Hall–Kier alpha value is -3.70. The summed E-state index contributed by atoms with van der Waals surface area (Å²) < 4.78 is 15.5. The number of benzene rings is 1. The van der Waals surface area contributed by atoms with Crippen LogP contribution in [0.3, 0.4) is 0 Å². The Morgan fingerprint density at radius 2 is 1.85 bits per heavy atom. The predicted molar refractivity (Wildman–Crippen MR) is 153 cm³/mol. The molecule has 0 radical (unpaired) electrons. The molecule has 0 aliphatic carbocycles. The molecule has 11 heteroatoms. The van der Waals surface area contributed by atoms with E-state index in [1.165, 1.54) is 0 Å². The summed E-state index contributed by atoms with van der Waals surface area (Å²) in [5, 5.41) is 1.98. The number of rotatable bonds is 5. The average molecular weight is 565 g/mol. The van der Waals surface area contributed by atoms with Crippen LogP contribution in [0, 0.1) is 0 Å². The van der Waals surface area contributed by atoms with E-state index < -0.39 is 0 Å². The Kier molecular flexibility index (Phi) is 9.46. The van der Waals surface area contributed by atoms with Gasteiger partial charge in [0.2, 0.25) is 11.8 Å². The Labute approximate surface area is 238 Å². The molecule has 1 aliphatic heterocycles. The molecule has 0 fully saturated rings. The van der Waals surface area contributed by atoms with E-state index in [-0.39, 0.29) is 24.8 Å². The number of thiazole rings is 1. The maximum atomic E-state index is 13.4. The number of hydrogen-bond acceptors (Lipinski definition) is 7. The maximum absolute atomic E-state index is 13.4. The molecule has 0 atom stereocenters. The third kappa shape index (κ3) is 7.08. The van der Waals surface area contributed by atoms with Crippen molar-refractivity contribution < 1.29 is 19.1 Å². The highest BCUT2D eigenvalue weighted by molar-refractivity contribution is 7.15. The highest BCUT2D eigenvalue weighted by Gasteiger charge is 2.18. The largest absolute Gasteiger partial charge is 0.492 e. The number of aromatic nitrogens is 4. The van der Waals surface area contributed by atoms with Crippen molar-refractivity contribution in [1.29, 1.82) is 0 Å². The fourth-order valence-corrected chi connectivity index (χ4v) is 5.64. The summed E-state index contributed by atoms with van der Waals surface area (Å²) in [4.78, 5) is 40.1. The minimum atomic E-state index is -0.0492. The zero-order chi connectivity index (χ0) is 27.7. The number of aryl methyl sites for hydroxylation is 1. The van der Waals surface area contributed by atoms with Gasteiger partial charge in [-0.25, -0.2) is 9.97 Å². The first-order valence-electron chi connectivity index (χ1n) is 13.9. The third-order valence-electron chi connectivity index (χ3n) is 6.98. The third-order valence-corrected chi connectivity index (χ3v) is 7.75. The van der Waals surface area contributed by atoms with Gasteiger partial charge >= 0.3 is 0 Å². The molecule has 2 amide bonds. The van der Waals surface area contributed by atoms with Crippen molar-refractivity contribution in [2.45, 2.75) is 39.2 Å². The number of hydrogen-bond donors (Lipinski definition) is 0. The van der Waals surface area contributed by atoms with Crippen molar-refractivity contribution in [1.82, 2.24) is 28.7 Å². The van der Waals surface area contributed by atoms with E-state index in [4.69, 9.17) is 9.47 Å². The van der Waals surface area contributed by atoms with E-state index in [2.05, 4.69) is 14.5 Å². The molecule has 1 aromatic carbocycles. The number of ether oxygens (including phenoxy) is 2.